The second kappa shape index (κ2) is 8.83. The summed E-state index contributed by atoms with van der Waals surface area (Å²) < 4.78 is 6.17. The molecule has 10 heteroatoms. The van der Waals surface area contributed by atoms with E-state index in [9.17, 15) is 9.59 Å². The number of nitrogens with zero attached hydrogens (tertiary/aromatic N) is 4. The summed E-state index contributed by atoms with van der Waals surface area (Å²) in [6, 6.07) is 12.2. The van der Waals surface area contributed by atoms with Gasteiger partial charge >= 0.3 is 5.97 Å². The average Bonchev–Trinajstić information content (AvgIpc) is 3.51. The van der Waals surface area contributed by atoms with Crippen molar-refractivity contribution in [3.05, 3.63) is 58.4 Å². The van der Waals surface area contributed by atoms with Crippen LogP contribution in [0.2, 0.25) is 0 Å². The average molecular weight is 446 g/mol. The van der Waals surface area contributed by atoms with Crippen molar-refractivity contribution < 1.29 is 14.6 Å². The summed E-state index contributed by atoms with van der Waals surface area (Å²) in [5.41, 5.74) is 2.62. The number of carbonyl (C=O) groups is 1. The fourth-order valence-electron chi connectivity index (χ4n) is 4.00. The summed E-state index contributed by atoms with van der Waals surface area (Å²) in [5.74, 6) is -0.0481. The van der Waals surface area contributed by atoms with Gasteiger partial charge in [0.1, 0.15) is 18.2 Å². The predicted molar refractivity (Wildman–Crippen MR) is 121 cm³/mol. The van der Waals surface area contributed by atoms with Gasteiger partial charge in [0.15, 0.2) is 11.2 Å². The molecule has 1 saturated heterocycles. The molecule has 0 aliphatic carbocycles. The van der Waals surface area contributed by atoms with E-state index >= 15 is 0 Å². The van der Waals surface area contributed by atoms with Gasteiger partial charge in [-0.05, 0) is 61.3 Å². The van der Waals surface area contributed by atoms with E-state index in [-0.39, 0.29) is 16.6 Å². The van der Waals surface area contributed by atoms with Gasteiger partial charge in [-0.1, -0.05) is 23.4 Å². The second-order valence-electron chi connectivity index (χ2n) is 7.91. The maximum absolute atomic E-state index is 12.4. The number of hydrogen-bond donors (Lipinski definition) is 3. The molecule has 4 aromatic rings. The van der Waals surface area contributed by atoms with E-state index in [0.717, 1.165) is 30.8 Å². The van der Waals surface area contributed by atoms with Crippen LogP contribution < -0.4 is 10.3 Å². The van der Waals surface area contributed by atoms with Gasteiger partial charge in [0.2, 0.25) is 0 Å². The van der Waals surface area contributed by atoms with E-state index in [0.29, 0.717) is 29.4 Å². The van der Waals surface area contributed by atoms with Crippen molar-refractivity contribution in [2.24, 2.45) is 0 Å². The van der Waals surface area contributed by atoms with Gasteiger partial charge in [0.25, 0.3) is 5.56 Å². The summed E-state index contributed by atoms with van der Waals surface area (Å²) in [6.07, 6.45) is 2.41. The highest BCUT2D eigenvalue weighted by Crippen LogP contribution is 2.33. The lowest BCUT2D eigenvalue weighted by atomic mass is 10.0. The first kappa shape index (κ1) is 20.8. The van der Waals surface area contributed by atoms with E-state index in [2.05, 4.69) is 30.3 Å². The SMILES string of the molecule is O=C(O)c1ccc(-c2ccc(-c3nc4[nH]nnc4c(=O)[nH]3)c(OCCN3CCCC3)c2)cc1. The molecule has 2 aromatic heterocycles. The van der Waals surface area contributed by atoms with Crippen LogP contribution in [0, 0.1) is 0 Å². The zero-order chi connectivity index (χ0) is 22.8. The van der Waals surface area contributed by atoms with Crippen molar-refractivity contribution in [1.29, 1.82) is 0 Å². The zero-order valence-electron chi connectivity index (χ0n) is 17.7. The predicted octanol–water partition coefficient (Wildman–Crippen LogP) is 2.55. The van der Waals surface area contributed by atoms with Gasteiger partial charge in [-0.25, -0.2) is 14.9 Å². The summed E-state index contributed by atoms with van der Waals surface area (Å²) >= 11 is 0. The molecule has 0 bridgehead atoms. The molecule has 3 heterocycles. The molecule has 3 N–H and O–H groups in total. The first-order valence-corrected chi connectivity index (χ1v) is 10.7. The lowest BCUT2D eigenvalue weighted by Crippen LogP contribution is -2.25. The van der Waals surface area contributed by atoms with Gasteiger partial charge in [-0.15, -0.1) is 5.10 Å². The summed E-state index contributed by atoms with van der Waals surface area (Å²) in [5, 5.41) is 19.2. The van der Waals surface area contributed by atoms with Crippen molar-refractivity contribution in [2.45, 2.75) is 12.8 Å². The number of nitrogens with one attached hydrogen (secondary N) is 2. The quantitative estimate of drug-likeness (QED) is 0.394. The van der Waals surface area contributed by atoms with Gasteiger partial charge in [0, 0.05) is 6.54 Å². The van der Waals surface area contributed by atoms with Crippen LogP contribution in [0.1, 0.15) is 23.2 Å². The highest BCUT2D eigenvalue weighted by Gasteiger charge is 2.16. The van der Waals surface area contributed by atoms with E-state index in [1.54, 1.807) is 24.3 Å². The van der Waals surface area contributed by atoms with Crippen LogP contribution in [-0.2, 0) is 0 Å². The van der Waals surface area contributed by atoms with Crippen molar-refractivity contribution in [1.82, 2.24) is 30.3 Å². The number of carboxylic acid groups (broad SMARTS) is 1. The number of benzene rings is 2. The Morgan fingerprint density at radius 1 is 1.09 bits per heavy atom. The molecule has 0 unspecified atom stereocenters. The van der Waals surface area contributed by atoms with Gasteiger partial charge < -0.3 is 14.8 Å². The number of hydrogen-bond acceptors (Lipinski definition) is 7. The molecular weight excluding hydrogens is 424 g/mol. The summed E-state index contributed by atoms with van der Waals surface area (Å²) in [4.78, 5) is 33.1. The number of ether oxygens (including phenoxy) is 1. The minimum absolute atomic E-state index is 0.144. The number of aromatic nitrogens is 5. The van der Waals surface area contributed by atoms with E-state index in [4.69, 9.17) is 9.84 Å². The van der Waals surface area contributed by atoms with Crippen molar-refractivity contribution in [3.63, 3.8) is 0 Å². The summed E-state index contributed by atoms with van der Waals surface area (Å²) in [6.45, 7) is 3.45. The Balaban J connectivity index is 1.50. The number of aromatic carboxylic acids is 1. The Labute approximate surface area is 188 Å². The largest absolute Gasteiger partial charge is 0.491 e. The third kappa shape index (κ3) is 4.33. The lowest BCUT2D eigenvalue weighted by molar-refractivity contribution is 0.0697. The fourth-order valence-corrected chi connectivity index (χ4v) is 4.00. The molecule has 168 valence electrons. The van der Waals surface area contributed by atoms with E-state index in [1.165, 1.54) is 12.8 Å². The molecular formula is C23H22N6O4. The van der Waals surface area contributed by atoms with Crippen LogP contribution in [0.25, 0.3) is 33.7 Å². The van der Waals surface area contributed by atoms with E-state index in [1.807, 2.05) is 18.2 Å². The molecule has 1 fully saturated rings. The summed E-state index contributed by atoms with van der Waals surface area (Å²) in [7, 11) is 0. The highest BCUT2D eigenvalue weighted by molar-refractivity contribution is 5.88. The van der Waals surface area contributed by atoms with Gasteiger partial charge in [-0.3, -0.25) is 9.69 Å². The van der Waals surface area contributed by atoms with Crippen LogP contribution in [0.4, 0.5) is 0 Å². The Morgan fingerprint density at radius 3 is 2.61 bits per heavy atom. The molecule has 0 atom stereocenters. The number of rotatable bonds is 7. The molecule has 1 aliphatic rings. The van der Waals surface area contributed by atoms with Crippen LogP contribution in [-0.4, -0.2) is 67.6 Å². The second-order valence-corrected chi connectivity index (χ2v) is 7.91. The molecule has 0 radical (unpaired) electrons. The third-order valence-corrected chi connectivity index (χ3v) is 5.77. The molecule has 2 aromatic carbocycles. The molecule has 33 heavy (non-hydrogen) atoms. The third-order valence-electron chi connectivity index (χ3n) is 5.77. The van der Waals surface area contributed by atoms with Gasteiger partial charge in [0.05, 0.1) is 11.1 Å². The van der Waals surface area contributed by atoms with Crippen LogP contribution in [0.5, 0.6) is 5.75 Å². The normalized spacial score (nSPS) is 14.1. The zero-order valence-corrected chi connectivity index (χ0v) is 17.7. The maximum Gasteiger partial charge on any atom is 0.335 e. The molecule has 5 rings (SSSR count). The van der Waals surface area contributed by atoms with Crippen molar-refractivity contribution in [2.75, 3.05) is 26.2 Å². The molecule has 0 spiro atoms. The topological polar surface area (TPSA) is 137 Å². The minimum Gasteiger partial charge on any atom is -0.491 e. The number of aromatic amines is 2. The molecule has 0 amide bonds. The number of H-pyrrole nitrogens is 2. The Kier molecular flexibility index (Phi) is 5.57. The van der Waals surface area contributed by atoms with Crippen LogP contribution >= 0.6 is 0 Å². The smallest absolute Gasteiger partial charge is 0.335 e. The van der Waals surface area contributed by atoms with Crippen molar-refractivity contribution >= 4 is 17.1 Å². The Bertz CT molecular complexity index is 1360. The first-order valence-electron chi connectivity index (χ1n) is 10.7. The molecule has 0 saturated carbocycles. The molecule has 10 nitrogen and oxygen atoms in total. The van der Waals surface area contributed by atoms with Gasteiger partial charge in [-0.2, -0.15) is 0 Å². The first-order chi connectivity index (χ1) is 16.1. The lowest BCUT2D eigenvalue weighted by Gasteiger charge is -2.17. The highest BCUT2D eigenvalue weighted by atomic mass is 16.5. The Morgan fingerprint density at radius 2 is 1.85 bits per heavy atom. The molecule has 1 aliphatic heterocycles. The number of carboxylic acids is 1. The maximum atomic E-state index is 12.4. The van der Waals surface area contributed by atoms with Crippen LogP contribution in [0.3, 0.4) is 0 Å². The monoisotopic (exact) mass is 446 g/mol. The fraction of sp³-hybridized carbons (Fsp3) is 0.261. The van der Waals surface area contributed by atoms with Crippen molar-refractivity contribution in [3.8, 4) is 28.3 Å². The number of fused-ring (bicyclic) bond motifs is 1. The Hall–Kier alpha value is -4.05. The van der Waals surface area contributed by atoms with Crippen LogP contribution in [0.15, 0.2) is 47.3 Å². The van der Waals surface area contributed by atoms with E-state index < -0.39 is 5.97 Å². The standard InChI is InChI=1S/C23H22N6O4/c30-22-19-21(27-28-26-19)24-20(25-22)17-8-7-16(14-3-5-15(6-4-14)23(31)32)13-18(17)33-12-11-29-9-1-2-10-29/h3-8,13H,1-2,9-12H2,(H,31,32)(H2,24,25,26,27,28,30). The minimum atomic E-state index is -0.971. The number of likely N-dealkylation sites (tertiary alicyclic amines) is 1.